The van der Waals surface area contributed by atoms with E-state index in [-0.39, 0.29) is 52.0 Å². The first-order valence-corrected chi connectivity index (χ1v) is 36.8. The van der Waals surface area contributed by atoms with Gasteiger partial charge in [0.2, 0.25) is 0 Å². The summed E-state index contributed by atoms with van der Waals surface area (Å²) in [6.45, 7) is 49.7. The molecule has 0 amide bonds. The summed E-state index contributed by atoms with van der Waals surface area (Å²) >= 11 is 0. The smallest absolute Gasteiger partial charge is 0.668 e. The molecule has 0 atom stereocenters. The fraction of sp³-hybridized carbons (Fsp3) is 0.774. The monoisotopic (exact) mass is 928 g/mol. The maximum absolute atomic E-state index is 10.3. The van der Waals surface area contributed by atoms with Crippen LogP contribution >= 0.6 is 0 Å². The maximum Gasteiger partial charge on any atom is 4.00 e. The summed E-state index contributed by atoms with van der Waals surface area (Å²) in [6, 6.07) is 8.62. The predicted molar refractivity (Wildman–Crippen MR) is 217 cm³/mol. The molecule has 1 aromatic carbocycles. The molecule has 2 rings (SSSR count). The van der Waals surface area contributed by atoms with Crippen LogP contribution in [0.2, 0.25) is 118 Å². The molecule has 0 aliphatic carbocycles. The van der Waals surface area contributed by atoms with Gasteiger partial charge in [0.1, 0.15) is 0 Å². The number of imidazole rings is 1. The molecule has 254 valence electrons. The summed E-state index contributed by atoms with van der Waals surface area (Å²) in [5, 5.41) is 10.3. The average molecular weight is 930 g/mol. The number of hydrogen-bond acceptors (Lipinski definition) is 0. The molecule has 2 aromatic rings. The molecule has 1 heterocycles. The third kappa shape index (κ3) is 26.0. The summed E-state index contributed by atoms with van der Waals surface area (Å²) in [4.78, 5) is 0. The molecule has 0 saturated carbocycles. The van der Waals surface area contributed by atoms with Crippen LogP contribution in [-0.4, -0.2) is 58.5 Å². The number of aromatic nitrogens is 2. The molecule has 0 bridgehead atoms. The third-order valence-corrected chi connectivity index (χ3v) is 21.0. The number of benzene rings is 1. The molecule has 0 aliphatic rings. The van der Waals surface area contributed by atoms with Crippen molar-refractivity contribution in [3.63, 3.8) is 0 Å². The van der Waals surface area contributed by atoms with Gasteiger partial charge in [-0.25, -0.2) is 0 Å². The van der Waals surface area contributed by atoms with E-state index in [4.69, 9.17) is 13.9 Å². The van der Waals surface area contributed by atoms with Gasteiger partial charge in [0, 0.05) is 5.62 Å². The van der Waals surface area contributed by atoms with E-state index in [0.29, 0.717) is 5.62 Å². The van der Waals surface area contributed by atoms with Crippen LogP contribution in [0.25, 0.3) is 30.4 Å². The van der Waals surface area contributed by atoms with Gasteiger partial charge in [0.25, 0.3) is 0 Å². The molecule has 44 heavy (non-hydrogen) atoms. The minimum atomic E-state index is -1.11. The second kappa shape index (κ2) is 19.3. The topological polar surface area (TPSA) is 74.5 Å². The maximum atomic E-state index is 10.3. The molecular weight excluding hydrogens is 857 g/mol. The second-order valence-corrected chi connectivity index (χ2v) is 46.8. The summed E-state index contributed by atoms with van der Waals surface area (Å²) in [7, 11) is -6.64. The van der Waals surface area contributed by atoms with E-state index in [1.807, 2.05) is 33.4 Å². The van der Waals surface area contributed by atoms with Crippen molar-refractivity contribution in [3.8, 4) is 0 Å². The van der Waals surface area contributed by atoms with Crippen LogP contribution in [0.15, 0.2) is 24.3 Å². The van der Waals surface area contributed by atoms with Crippen molar-refractivity contribution in [2.75, 3.05) is 0 Å². The van der Waals surface area contributed by atoms with Gasteiger partial charge in [-0.3, -0.25) is 0 Å². The van der Waals surface area contributed by atoms with E-state index in [1.54, 1.807) is 0 Å². The molecule has 0 saturated heterocycles. The minimum Gasteiger partial charge on any atom is -0.668 e. The fourth-order valence-electron chi connectivity index (χ4n) is 5.24. The van der Waals surface area contributed by atoms with Gasteiger partial charge in [-0.2, -0.15) is 0 Å². The van der Waals surface area contributed by atoms with Crippen molar-refractivity contribution < 1.29 is 39.9 Å². The van der Waals surface area contributed by atoms with E-state index >= 15 is 0 Å². The molecular formula is C31H72N6Si6Th. The molecule has 1 aromatic heterocycles. The summed E-state index contributed by atoms with van der Waals surface area (Å²) in [5.74, 6) is 0. The number of hydrogen-bond donors (Lipinski definition) is 0. The summed E-state index contributed by atoms with van der Waals surface area (Å²) in [6.07, 6.45) is 0. The molecule has 0 N–H and O–H groups in total. The quantitative estimate of drug-likeness (QED) is 0.237. The van der Waals surface area contributed by atoms with Gasteiger partial charge in [-0.15, -0.1) is 0 Å². The van der Waals surface area contributed by atoms with Gasteiger partial charge in [-0.1, -0.05) is 219 Å². The molecule has 0 spiro atoms. The second-order valence-electron chi connectivity index (χ2n) is 18.1. The molecule has 0 fully saturated rings. The Kier molecular flexibility index (Phi) is 21.6. The molecule has 6 nitrogen and oxygen atoms in total. The molecule has 0 radical (unpaired) electrons. The number of fused-ring (bicyclic) bond motifs is 1. The Morgan fingerprint density at radius 3 is 0.750 bits per heavy atom. The number of rotatable bonds is 8. The molecule has 0 unspecified atom stereocenters. The molecule has 13 heteroatoms. The Labute approximate surface area is 313 Å². The first kappa shape index (κ1) is 49.4. The summed E-state index contributed by atoms with van der Waals surface area (Å²) < 4.78 is 18.4. The van der Waals surface area contributed by atoms with E-state index in [2.05, 4.69) is 146 Å². The average Bonchev–Trinajstić information content (AvgIpc) is 2.92. The van der Waals surface area contributed by atoms with Crippen LogP contribution in [0.5, 0.6) is 0 Å². The van der Waals surface area contributed by atoms with Crippen LogP contribution < -0.4 is 5.62 Å². The zero-order valence-corrected chi connectivity index (χ0v) is 43.3. The van der Waals surface area contributed by atoms with E-state index in [1.165, 1.54) is 0 Å². The standard InChI is InChI=1S/C13H18N3.3C6H18NSi2.Th/c1-9(2)15-11-7-5-6-8-12(11)16(10(3)4)13(15)14;3*1-8(2,3)7-9(4,5)6;/h5-10H,1-4H3;3*1-6H3;/q4*-1;+4. The van der Waals surface area contributed by atoms with Crippen molar-refractivity contribution in [2.24, 2.45) is 0 Å². The van der Waals surface area contributed by atoms with Gasteiger partial charge < -0.3 is 28.5 Å². The van der Waals surface area contributed by atoms with Gasteiger partial charge in [-0.05, 0) is 23.1 Å². The Balaban J connectivity index is -0.000000530. The van der Waals surface area contributed by atoms with Crippen LogP contribution in [0.3, 0.4) is 0 Å². The van der Waals surface area contributed by atoms with Gasteiger partial charge in [0.15, 0.2) is 0 Å². The largest absolute Gasteiger partial charge is 4.00 e. The Hall–Kier alpha value is 0.996. The van der Waals surface area contributed by atoms with Crippen molar-refractivity contribution in [2.45, 2.75) is 158 Å². The van der Waals surface area contributed by atoms with E-state index in [9.17, 15) is 5.41 Å². The Morgan fingerprint density at radius 2 is 0.636 bits per heavy atom. The van der Waals surface area contributed by atoms with Crippen LogP contribution in [0.1, 0.15) is 39.8 Å². The van der Waals surface area contributed by atoms with Crippen molar-refractivity contribution in [3.05, 3.63) is 49.2 Å². The zero-order valence-electron chi connectivity index (χ0n) is 33.1. The zero-order chi connectivity index (χ0) is 35.0. The van der Waals surface area contributed by atoms with E-state index in [0.717, 1.165) is 11.0 Å². The van der Waals surface area contributed by atoms with Gasteiger partial charge in [0.05, 0.1) is 0 Å². The number of para-hydroxylation sites is 2. The Bertz CT molecular complexity index is 991. The minimum absolute atomic E-state index is 0. The van der Waals surface area contributed by atoms with Crippen LogP contribution in [-0.2, 0) is 0 Å². The van der Waals surface area contributed by atoms with Gasteiger partial charge >= 0.3 is 39.9 Å². The predicted octanol–water partition coefficient (Wildman–Crippen LogP) is 12.2. The SMILES string of the molecule is CC(C)n1c(=[N-])n(C(C)C)c2ccccc21.C[Si](C)(C)[N-][Si](C)(C)C.C[Si](C)(C)[N-][Si](C)(C)C.C[Si](C)(C)[N-][Si](C)(C)C.[Th+4]. The third-order valence-electron chi connectivity index (χ3n) is 4.88. The van der Waals surface area contributed by atoms with Crippen LogP contribution in [0.4, 0.5) is 0 Å². The van der Waals surface area contributed by atoms with Crippen LogP contribution in [0, 0.1) is 39.9 Å². The Morgan fingerprint density at radius 1 is 0.455 bits per heavy atom. The van der Waals surface area contributed by atoms with Crippen molar-refractivity contribution in [1.29, 1.82) is 0 Å². The molecule has 0 aliphatic heterocycles. The van der Waals surface area contributed by atoms with Crippen molar-refractivity contribution >= 4 is 60.4 Å². The first-order valence-electron chi connectivity index (χ1n) is 16.1. The fourth-order valence-corrected chi connectivity index (χ4v) is 29.4. The normalized spacial score (nSPS) is 12.9. The van der Waals surface area contributed by atoms with Crippen molar-refractivity contribution in [1.82, 2.24) is 9.13 Å². The first-order chi connectivity index (χ1) is 18.7. The van der Waals surface area contributed by atoms with E-state index < -0.39 is 49.4 Å². The summed E-state index contributed by atoms with van der Waals surface area (Å²) in [5.41, 5.74) is 2.51. The number of nitrogens with zero attached hydrogens (tertiary/aromatic N) is 6.